The number of hydrogen-bond acceptors (Lipinski definition) is 6. The second kappa shape index (κ2) is 7.74. The topological polar surface area (TPSA) is 73.6 Å². The van der Waals surface area contributed by atoms with Crippen LogP contribution in [0.3, 0.4) is 0 Å². The van der Waals surface area contributed by atoms with E-state index in [0.717, 1.165) is 22.5 Å². The second-order valence-corrected chi connectivity index (χ2v) is 6.82. The van der Waals surface area contributed by atoms with Crippen molar-refractivity contribution in [2.75, 3.05) is 19.0 Å². The van der Waals surface area contributed by atoms with E-state index in [2.05, 4.69) is 10.3 Å². The van der Waals surface area contributed by atoms with Gasteiger partial charge in [-0.15, -0.1) is 11.3 Å². The number of benzene rings is 2. The highest BCUT2D eigenvalue weighted by Gasteiger charge is 2.13. The molecule has 0 saturated heterocycles. The molecule has 0 aliphatic carbocycles. The van der Waals surface area contributed by atoms with Crippen LogP contribution in [0.25, 0.3) is 22.4 Å². The molecule has 6 nitrogen and oxygen atoms in total. The van der Waals surface area contributed by atoms with Crippen LogP contribution in [0.4, 0.5) is 5.13 Å². The Labute approximate surface area is 165 Å². The van der Waals surface area contributed by atoms with Crippen molar-refractivity contribution in [1.82, 2.24) is 4.98 Å². The number of amides is 1. The van der Waals surface area contributed by atoms with Gasteiger partial charge in [-0.3, -0.25) is 10.1 Å². The van der Waals surface area contributed by atoms with Gasteiger partial charge in [0.05, 0.1) is 13.7 Å². The molecule has 1 amide bonds. The lowest BCUT2D eigenvalue weighted by Gasteiger charge is -2.04. The molecule has 2 aromatic carbocycles. The Kier molecular flexibility index (Phi) is 4.99. The van der Waals surface area contributed by atoms with E-state index < -0.39 is 0 Å². The molecule has 0 aliphatic heterocycles. The van der Waals surface area contributed by atoms with Crippen LogP contribution in [-0.2, 0) is 0 Å². The van der Waals surface area contributed by atoms with E-state index in [1.807, 2.05) is 36.6 Å². The lowest BCUT2D eigenvalue weighted by molar-refractivity contribution is 0.102. The molecular weight excluding hydrogens is 376 g/mol. The van der Waals surface area contributed by atoms with Gasteiger partial charge >= 0.3 is 0 Å². The third-order valence-corrected chi connectivity index (χ3v) is 4.89. The highest BCUT2D eigenvalue weighted by atomic mass is 32.1. The molecule has 1 N–H and O–H groups in total. The van der Waals surface area contributed by atoms with Crippen molar-refractivity contribution < 1.29 is 18.7 Å². The Morgan fingerprint density at radius 3 is 2.68 bits per heavy atom. The van der Waals surface area contributed by atoms with E-state index in [0.29, 0.717) is 28.8 Å². The minimum atomic E-state index is -0.224. The number of fused-ring (bicyclic) bond motifs is 1. The predicted molar refractivity (Wildman–Crippen MR) is 109 cm³/mol. The minimum absolute atomic E-state index is 0.224. The molecule has 4 rings (SSSR count). The summed E-state index contributed by atoms with van der Waals surface area (Å²) in [4.78, 5) is 16.9. The van der Waals surface area contributed by atoms with Crippen LogP contribution in [0.2, 0.25) is 0 Å². The molecule has 7 heteroatoms. The fraction of sp³-hybridized carbons (Fsp3) is 0.143. The number of methoxy groups -OCH3 is 1. The van der Waals surface area contributed by atoms with E-state index in [1.165, 1.54) is 11.3 Å². The van der Waals surface area contributed by atoms with Gasteiger partial charge in [-0.05, 0) is 55.5 Å². The number of thiazole rings is 1. The monoisotopic (exact) mass is 394 g/mol. The predicted octanol–water partition coefficient (Wildman–Crippen LogP) is 5.22. The molecule has 28 heavy (non-hydrogen) atoms. The summed E-state index contributed by atoms with van der Waals surface area (Å²) >= 11 is 1.34. The van der Waals surface area contributed by atoms with Gasteiger partial charge in [-0.25, -0.2) is 4.98 Å². The van der Waals surface area contributed by atoms with Crippen molar-refractivity contribution in [2.24, 2.45) is 0 Å². The first-order chi connectivity index (χ1) is 13.7. The summed E-state index contributed by atoms with van der Waals surface area (Å²) in [5, 5.41) is 6.11. The normalized spacial score (nSPS) is 10.8. The molecule has 0 aliphatic rings. The number of nitrogens with one attached hydrogen (secondary N) is 1. The number of nitrogens with zero attached hydrogens (tertiary/aromatic N) is 1. The van der Waals surface area contributed by atoms with Crippen LogP contribution in [0.5, 0.6) is 11.5 Å². The molecule has 0 spiro atoms. The zero-order chi connectivity index (χ0) is 19.5. The van der Waals surface area contributed by atoms with Gasteiger partial charge in [-0.1, -0.05) is 0 Å². The lowest BCUT2D eigenvalue weighted by Crippen LogP contribution is -2.11. The molecular formula is C21H18N2O4S. The number of carbonyl (C=O) groups is 1. The van der Waals surface area contributed by atoms with Gasteiger partial charge in [0.15, 0.2) is 10.9 Å². The minimum Gasteiger partial charge on any atom is -0.497 e. The third-order valence-electron chi connectivity index (χ3n) is 4.13. The van der Waals surface area contributed by atoms with Crippen molar-refractivity contribution in [3.05, 3.63) is 59.5 Å². The highest BCUT2D eigenvalue weighted by molar-refractivity contribution is 7.14. The number of anilines is 1. The largest absolute Gasteiger partial charge is 0.497 e. The van der Waals surface area contributed by atoms with Crippen LogP contribution in [-0.4, -0.2) is 24.6 Å². The van der Waals surface area contributed by atoms with E-state index >= 15 is 0 Å². The molecule has 142 valence electrons. The molecule has 0 fully saturated rings. The third kappa shape index (κ3) is 3.70. The van der Waals surface area contributed by atoms with Gasteiger partial charge < -0.3 is 13.9 Å². The SMILES string of the molecule is CCOc1ccc(C(=O)Nc2nc(-c3cc4cc(OC)ccc4o3)cs2)cc1. The van der Waals surface area contributed by atoms with Crippen LogP contribution in [0, 0.1) is 0 Å². The Bertz CT molecular complexity index is 1120. The molecule has 4 aromatic rings. The lowest BCUT2D eigenvalue weighted by atomic mass is 10.2. The number of hydrogen-bond donors (Lipinski definition) is 1. The number of furan rings is 1. The summed E-state index contributed by atoms with van der Waals surface area (Å²) in [5.74, 6) is 1.91. The molecule has 0 radical (unpaired) electrons. The number of ether oxygens (including phenoxy) is 2. The Morgan fingerprint density at radius 1 is 1.14 bits per heavy atom. The first kappa shape index (κ1) is 18.1. The number of aromatic nitrogens is 1. The van der Waals surface area contributed by atoms with Crippen LogP contribution >= 0.6 is 11.3 Å². The quantitative estimate of drug-likeness (QED) is 0.486. The summed E-state index contributed by atoms with van der Waals surface area (Å²) in [6, 6.07) is 14.5. The number of carbonyl (C=O) groups excluding carboxylic acids is 1. The Hall–Kier alpha value is -3.32. The van der Waals surface area contributed by atoms with E-state index in [1.54, 1.807) is 31.4 Å². The van der Waals surface area contributed by atoms with Gasteiger partial charge in [0, 0.05) is 16.3 Å². The fourth-order valence-corrected chi connectivity index (χ4v) is 3.45. The first-order valence-electron chi connectivity index (χ1n) is 8.74. The summed E-state index contributed by atoms with van der Waals surface area (Å²) in [6.45, 7) is 2.50. The van der Waals surface area contributed by atoms with Gasteiger partial charge in [-0.2, -0.15) is 0 Å². The smallest absolute Gasteiger partial charge is 0.257 e. The molecule has 2 heterocycles. The summed E-state index contributed by atoms with van der Waals surface area (Å²) in [5.41, 5.74) is 1.96. The van der Waals surface area contributed by atoms with Crippen LogP contribution in [0.1, 0.15) is 17.3 Å². The first-order valence-corrected chi connectivity index (χ1v) is 9.62. The average Bonchev–Trinajstić information content (AvgIpc) is 3.34. The van der Waals surface area contributed by atoms with Gasteiger partial charge in [0.25, 0.3) is 5.91 Å². The Balaban J connectivity index is 1.50. The van der Waals surface area contributed by atoms with Crippen molar-refractivity contribution in [3.63, 3.8) is 0 Å². The molecule has 0 atom stereocenters. The molecule has 2 aromatic heterocycles. The maximum atomic E-state index is 12.4. The fourth-order valence-electron chi connectivity index (χ4n) is 2.76. The van der Waals surface area contributed by atoms with Crippen LogP contribution in [0.15, 0.2) is 58.3 Å². The van der Waals surface area contributed by atoms with Crippen molar-refractivity contribution in [2.45, 2.75) is 6.92 Å². The van der Waals surface area contributed by atoms with Crippen molar-refractivity contribution in [3.8, 4) is 23.0 Å². The van der Waals surface area contributed by atoms with E-state index in [-0.39, 0.29) is 5.91 Å². The molecule has 0 unspecified atom stereocenters. The molecule has 0 bridgehead atoms. The van der Waals surface area contributed by atoms with Gasteiger partial charge in [0.1, 0.15) is 22.8 Å². The molecule has 0 saturated carbocycles. The maximum Gasteiger partial charge on any atom is 0.257 e. The zero-order valence-corrected chi connectivity index (χ0v) is 16.2. The van der Waals surface area contributed by atoms with Crippen LogP contribution < -0.4 is 14.8 Å². The summed E-state index contributed by atoms with van der Waals surface area (Å²) < 4.78 is 16.5. The second-order valence-electron chi connectivity index (χ2n) is 5.96. The highest BCUT2D eigenvalue weighted by Crippen LogP contribution is 2.32. The zero-order valence-electron chi connectivity index (χ0n) is 15.4. The van der Waals surface area contributed by atoms with Crippen molar-refractivity contribution >= 4 is 33.3 Å². The standard InChI is InChI=1S/C21H18N2O4S/c1-3-26-15-6-4-13(5-7-15)20(24)23-21-22-17(12-28-21)19-11-14-10-16(25-2)8-9-18(14)27-19/h4-12H,3H2,1-2H3,(H,22,23,24). The summed E-state index contributed by atoms with van der Waals surface area (Å²) in [7, 11) is 1.63. The van der Waals surface area contributed by atoms with E-state index in [4.69, 9.17) is 13.9 Å². The number of rotatable bonds is 6. The maximum absolute atomic E-state index is 12.4. The Morgan fingerprint density at radius 2 is 1.93 bits per heavy atom. The summed E-state index contributed by atoms with van der Waals surface area (Å²) in [6.07, 6.45) is 0. The van der Waals surface area contributed by atoms with E-state index in [9.17, 15) is 4.79 Å². The average molecular weight is 394 g/mol. The van der Waals surface area contributed by atoms with Gasteiger partial charge in [0.2, 0.25) is 0 Å². The van der Waals surface area contributed by atoms with Crippen molar-refractivity contribution in [1.29, 1.82) is 0 Å².